The lowest BCUT2D eigenvalue weighted by Crippen LogP contribution is -2.20. The zero-order valence-corrected chi connectivity index (χ0v) is 14.2. The third kappa shape index (κ3) is 2.55. The van der Waals surface area contributed by atoms with Crippen LogP contribution in [0, 0.1) is 0 Å². The molecule has 0 N–H and O–H groups in total. The molecule has 0 atom stereocenters. The molecule has 0 bridgehead atoms. The zero-order chi connectivity index (χ0) is 16.7. The molecule has 1 aliphatic heterocycles. The molecule has 0 saturated carbocycles. The van der Waals surface area contributed by atoms with Crippen molar-refractivity contribution in [3.05, 3.63) is 74.8 Å². The SMILES string of the molecule is CCc1ccc(/C=C2\CCn3c2nc2cc(Cl)ccc2c3=O)cc1. The van der Waals surface area contributed by atoms with Crippen LogP contribution in [0.1, 0.15) is 30.3 Å². The fourth-order valence-electron chi connectivity index (χ4n) is 3.18. The van der Waals surface area contributed by atoms with Crippen LogP contribution in [-0.4, -0.2) is 9.55 Å². The van der Waals surface area contributed by atoms with Crippen molar-refractivity contribution in [1.29, 1.82) is 0 Å². The van der Waals surface area contributed by atoms with Crippen molar-refractivity contribution >= 4 is 34.2 Å². The summed E-state index contributed by atoms with van der Waals surface area (Å²) >= 11 is 6.05. The van der Waals surface area contributed by atoms with Crippen LogP contribution in [0.3, 0.4) is 0 Å². The van der Waals surface area contributed by atoms with Crippen LogP contribution in [-0.2, 0) is 13.0 Å². The fourth-order valence-corrected chi connectivity index (χ4v) is 3.34. The molecule has 120 valence electrons. The summed E-state index contributed by atoms with van der Waals surface area (Å²) in [4.78, 5) is 17.4. The van der Waals surface area contributed by atoms with Gasteiger partial charge in [0, 0.05) is 11.6 Å². The Bertz CT molecular complexity index is 1020. The molecule has 0 fully saturated rings. The van der Waals surface area contributed by atoms with E-state index in [-0.39, 0.29) is 5.56 Å². The summed E-state index contributed by atoms with van der Waals surface area (Å²) in [6.07, 6.45) is 3.98. The first kappa shape index (κ1) is 15.2. The number of halogens is 1. The van der Waals surface area contributed by atoms with E-state index in [0.29, 0.717) is 22.5 Å². The highest BCUT2D eigenvalue weighted by Gasteiger charge is 2.20. The molecule has 0 radical (unpaired) electrons. The average molecular weight is 337 g/mol. The Morgan fingerprint density at radius 3 is 2.75 bits per heavy atom. The van der Waals surface area contributed by atoms with Crippen LogP contribution in [0.2, 0.25) is 5.02 Å². The first-order chi connectivity index (χ1) is 11.7. The molecule has 2 heterocycles. The molecule has 2 aromatic carbocycles. The second kappa shape index (κ2) is 5.91. The summed E-state index contributed by atoms with van der Waals surface area (Å²) < 4.78 is 1.77. The van der Waals surface area contributed by atoms with Gasteiger partial charge in [-0.15, -0.1) is 0 Å². The highest BCUT2D eigenvalue weighted by Crippen LogP contribution is 2.28. The van der Waals surface area contributed by atoms with Crippen molar-refractivity contribution in [2.45, 2.75) is 26.3 Å². The van der Waals surface area contributed by atoms with Gasteiger partial charge in [0.25, 0.3) is 5.56 Å². The van der Waals surface area contributed by atoms with E-state index < -0.39 is 0 Å². The smallest absolute Gasteiger partial charge is 0.261 e. The summed E-state index contributed by atoms with van der Waals surface area (Å²) in [6.45, 7) is 2.83. The average Bonchev–Trinajstić information content (AvgIpc) is 2.98. The number of allylic oxidation sites excluding steroid dienone is 1. The van der Waals surface area contributed by atoms with Gasteiger partial charge in [0.15, 0.2) is 0 Å². The van der Waals surface area contributed by atoms with E-state index in [9.17, 15) is 4.79 Å². The van der Waals surface area contributed by atoms with Gasteiger partial charge < -0.3 is 0 Å². The summed E-state index contributed by atoms with van der Waals surface area (Å²) in [7, 11) is 0. The number of hydrogen-bond acceptors (Lipinski definition) is 2. The number of fused-ring (bicyclic) bond motifs is 2. The number of aromatic nitrogens is 2. The lowest BCUT2D eigenvalue weighted by molar-refractivity contribution is 0.725. The predicted molar refractivity (Wildman–Crippen MR) is 99.3 cm³/mol. The van der Waals surface area contributed by atoms with Gasteiger partial charge in [-0.25, -0.2) is 4.98 Å². The molecule has 4 rings (SSSR count). The Morgan fingerprint density at radius 2 is 2.00 bits per heavy atom. The van der Waals surface area contributed by atoms with Crippen LogP contribution < -0.4 is 5.56 Å². The molecule has 1 aromatic heterocycles. The molecular formula is C20H17ClN2O. The minimum absolute atomic E-state index is 0.0106. The molecule has 24 heavy (non-hydrogen) atoms. The van der Waals surface area contributed by atoms with Gasteiger partial charge in [-0.3, -0.25) is 9.36 Å². The van der Waals surface area contributed by atoms with Gasteiger partial charge in [-0.05, 0) is 53.8 Å². The number of hydrogen-bond donors (Lipinski definition) is 0. The molecule has 1 aliphatic rings. The van der Waals surface area contributed by atoms with Gasteiger partial charge in [0.2, 0.25) is 0 Å². The quantitative estimate of drug-likeness (QED) is 0.687. The molecule has 4 heteroatoms. The minimum atomic E-state index is 0.0106. The summed E-state index contributed by atoms with van der Waals surface area (Å²) in [5.41, 5.74) is 4.22. The topological polar surface area (TPSA) is 34.9 Å². The molecule has 0 amide bonds. The molecular weight excluding hydrogens is 320 g/mol. The number of aryl methyl sites for hydroxylation is 1. The maximum Gasteiger partial charge on any atom is 0.261 e. The third-order valence-corrected chi connectivity index (χ3v) is 4.77. The van der Waals surface area contributed by atoms with E-state index in [1.54, 1.807) is 22.8 Å². The Kier molecular flexibility index (Phi) is 3.73. The maximum atomic E-state index is 12.7. The largest absolute Gasteiger partial charge is 0.292 e. The third-order valence-electron chi connectivity index (χ3n) is 4.54. The van der Waals surface area contributed by atoms with E-state index in [1.807, 2.05) is 0 Å². The van der Waals surface area contributed by atoms with E-state index in [0.717, 1.165) is 29.8 Å². The molecule has 0 spiro atoms. The summed E-state index contributed by atoms with van der Waals surface area (Å²) in [5.74, 6) is 0.759. The Labute approximate surface area is 145 Å². The van der Waals surface area contributed by atoms with Crippen LogP contribution in [0.4, 0.5) is 0 Å². The second-order valence-corrected chi connectivity index (χ2v) is 6.50. The Balaban J connectivity index is 1.84. The fraction of sp³-hybridized carbons (Fsp3) is 0.200. The van der Waals surface area contributed by atoms with Crippen molar-refractivity contribution in [3.63, 3.8) is 0 Å². The monoisotopic (exact) mass is 336 g/mol. The first-order valence-corrected chi connectivity index (χ1v) is 8.53. The molecule has 0 saturated heterocycles. The summed E-state index contributed by atoms with van der Waals surface area (Å²) in [5, 5.41) is 1.22. The second-order valence-electron chi connectivity index (χ2n) is 6.07. The highest BCUT2D eigenvalue weighted by atomic mass is 35.5. The lowest BCUT2D eigenvalue weighted by Gasteiger charge is -2.06. The van der Waals surface area contributed by atoms with Crippen LogP contribution in [0.15, 0.2) is 47.3 Å². The van der Waals surface area contributed by atoms with E-state index in [1.165, 1.54) is 5.56 Å². The highest BCUT2D eigenvalue weighted by molar-refractivity contribution is 6.31. The van der Waals surface area contributed by atoms with Gasteiger partial charge in [-0.1, -0.05) is 42.8 Å². The van der Waals surface area contributed by atoms with Crippen molar-refractivity contribution in [2.75, 3.05) is 0 Å². The van der Waals surface area contributed by atoms with Gasteiger partial charge in [0.1, 0.15) is 5.82 Å². The minimum Gasteiger partial charge on any atom is -0.292 e. The maximum absolute atomic E-state index is 12.7. The first-order valence-electron chi connectivity index (χ1n) is 8.15. The van der Waals surface area contributed by atoms with E-state index in [4.69, 9.17) is 16.6 Å². The van der Waals surface area contributed by atoms with Crippen molar-refractivity contribution in [3.8, 4) is 0 Å². The predicted octanol–water partition coefficient (Wildman–Crippen LogP) is 4.56. The van der Waals surface area contributed by atoms with Gasteiger partial charge >= 0.3 is 0 Å². The molecule has 0 unspecified atom stereocenters. The number of rotatable bonds is 2. The van der Waals surface area contributed by atoms with Crippen molar-refractivity contribution in [2.24, 2.45) is 0 Å². The van der Waals surface area contributed by atoms with Gasteiger partial charge in [0.05, 0.1) is 10.9 Å². The van der Waals surface area contributed by atoms with Gasteiger partial charge in [-0.2, -0.15) is 0 Å². The van der Waals surface area contributed by atoms with Crippen LogP contribution >= 0.6 is 11.6 Å². The lowest BCUT2D eigenvalue weighted by atomic mass is 10.1. The van der Waals surface area contributed by atoms with Crippen LogP contribution in [0.25, 0.3) is 22.6 Å². The molecule has 3 nitrogen and oxygen atoms in total. The van der Waals surface area contributed by atoms with E-state index in [2.05, 4.69) is 37.3 Å². The van der Waals surface area contributed by atoms with Crippen molar-refractivity contribution in [1.82, 2.24) is 9.55 Å². The number of nitrogens with zero attached hydrogens (tertiary/aromatic N) is 2. The standard InChI is InChI=1S/C20H17ClN2O/c1-2-13-3-5-14(6-4-13)11-15-9-10-23-19(15)22-18-12-16(21)7-8-17(18)20(23)24/h3-8,11-12H,2,9-10H2,1H3/b15-11+. The number of benzene rings is 2. The van der Waals surface area contributed by atoms with Crippen LogP contribution in [0.5, 0.6) is 0 Å². The Morgan fingerprint density at radius 1 is 1.21 bits per heavy atom. The Hall–Kier alpha value is -2.39. The molecule has 0 aliphatic carbocycles. The van der Waals surface area contributed by atoms with E-state index >= 15 is 0 Å². The summed E-state index contributed by atoms with van der Waals surface area (Å²) in [6, 6.07) is 13.8. The zero-order valence-electron chi connectivity index (χ0n) is 13.4. The normalized spacial score (nSPS) is 15.2. The molecule has 3 aromatic rings. The van der Waals surface area contributed by atoms with Crippen molar-refractivity contribution < 1.29 is 0 Å².